The molecule has 1 aromatic carbocycles. The van der Waals surface area contributed by atoms with E-state index in [9.17, 15) is 0 Å². The molecule has 0 radical (unpaired) electrons. The number of aryl methyl sites for hydroxylation is 1. The van der Waals surface area contributed by atoms with Gasteiger partial charge in [0.15, 0.2) is 5.11 Å². The first-order valence-electron chi connectivity index (χ1n) is 11.9. The Morgan fingerprint density at radius 3 is 2.60 bits per heavy atom. The van der Waals surface area contributed by atoms with Gasteiger partial charge in [0.05, 0.1) is 41.7 Å². The summed E-state index contributed by atoms with van der Waals surface area (Å²) in [7, 11) is 0. The third kappa shape index (κ3) is 4.93. The quantitative estimate of drug-likeness (QED) is 0.448. The Balaban J connectivity index is 1.54. The van der Waals surface area contributed by atoms with Crippen molar-refractivity contribution in [1.29, 1.82) is 0 Å². The van der Waals surface area contributed by atoms with E-state index in [1.807, 2.05) is 30.5 Å². The molecule has 3 aromatic rings. The number of rotatable bonds is 6. The molecule has 2 aliphatic rings. The normalized spacial score (nSPS) is 20.9. The fourth-order valence-corrected chi connectivity index (χ4v) is 6.00. The molecule has 2 fully saturated rings. The van der Waals surface area contributed by atoms with Gasteiger partial charge in [0.25, 0.3) is 0 Å². The third-order valence-electron chi connectivity index (χ3n) is 6.90. The number of hydrogen-bond donors (Lipinski definition) is 1. The maximum Gasteiger partial charge on any atom is 0.170 e. The van der Waals surface area contributed by atoms with Crippen molar-refractivity contribution in [3.8, 4) is 5.69 Å². The number of thiocarbonyl (C=S) groups is 1. The van der Waals surface area contributed by atoms with Crippen LogP contribution in [0.1, 0.15) is 34.7 Å². The molecule has 2 atom stereocenters. The van der Waals surface area contributed by atoms with Crippen LogP contribution >= 0.6 is 35.4 Å². The van der Waals surface area contributed by atoms with Gasteiger partial charge >= 0.3 is 0 Å². The molecule has 4 heterocycles. The summed E-state index contributed by atoms with van der Waals surface area (Å²) >= 11 is 18.7. The summed E-state index contributed by atoms with van der Waals surface area (Å²) in [6.07, 6.45) is 1.84. The van der Waals surface area contributed by atoms with Crippen molar-refractivity contribution in [1.82, 2.24) is 24.7 Å². The second-order valence-electron chi connectivity index (χ2n) is 9.03. The SMILES string of the molecule is Cc1cc([C@@H]2[C@H](c3ccccn3)NC(=S)N2CCN2CCOCC2)c(C)n1-c1ccc(Cl)cc1Cl. The fraction of sp³-hybridized carbons (Fsp3) is 0.385. The van der Waals surface area contributed by atoms with E-state index in [0.717, 1.165) is 67.3 Å². The zero-order chi connectivity index (χ0) is 24.5. The van der Waals surface area contributed by atoms with Crippen molar-refractivity contribution in [3.05, 3.63) is 81.4 Å². The molecule has 184 valence electrons. The number of pyridine rings is 1. The molecular weight excluding hydrogens is 501 g/mol. The lowest BCUT2D eigenvalue weighted by Crippen LogP contribution is -2.42. The van der Waals surface area contributed by atoms with Gasteiger partial charge in [0, 0.05) is 48.8 Å². The standard InChI is InChI=1S/C26H29Cl2N5OS/c1-17-15-20(18(2)33(17)23-7-6-19(27)16-21(23)28)25-24(22-5-3-4-8-29-22)30-26(35)32(25)10-9-31-11-13-34-14-12-31/h3-8,15-16,24-25H,9-14H2,1-2H3,(H,30,35)/t24-,25+/m0/s1. The van der Waals surface area contributed by atoms with Crippen LogP contribution in [0.25, 0.3) is 5.69 Å². The van der Waals surface area contributed by atoms with Gasteiger partial charge in [-0.05, 0) is 68.0 Å². The summed E-state index contributed by atoms with van der Waals surface area (Å²) < 4.78 is 7.72. The molecule has 9 heteroatoms. The van der Waals surface area contributed by atoms with Gasteiger partial charge in [-0.3, -0.25) is 9.88 Å². The second-order valence-corrected chi connectivity index (χ2v) is 10.3. The minimum absolute atomic E-state index is 0.00414. The highest BCUT2D eigenvalue weighted by molar-refractivity contribution is 7.80. The number of aromatic nitrogens is 2. The van der Waals surface area contributed by atoms with Gasteiger partial charge in [-0.2, -0.15) is 0 Å². The lowest BCUT2D eigenvalue weighted by molar-refractivity contribution is 0.0350. The number of nitrogens with one attached hydrogen (secondary N) is 1. The number of benzene rings is 1. The average molecular weight is 531 g/mol. The van der Waals surface area contributed by atoms with Crippen LogP contribution in [-0.4, -0.2) is 63.9 Å². The molecule has 2 aromatic heterocycles. The molecule has 0 saturated carbocycles. The fourth-order valence-electron chi connectivity index (χ4n) is 5.18. The van der Waals surface area contributed by atoms with Crippen molar-refractivity contribution in [2.45, 2.75) is 25.9 Å². The smallest absolute Gasteiger partial charge is 0.170 e. The van der Waals surface area contributed by atoms with E-state index in [4.69, 9.17) is 40.2 Å². The van der Waals surface area contributed by atoms with Crippen LogP contribution < -0.4 is 5.32 Å². The summed E-state index contributed by atoms with van der Waals surface area (Å²) in [4.78, 5) is 9.44. The highest BCUT2D eigenvalue weighted by atomic mass is 35.5. The topological polar surface area (TPSA) is 45.6 Å². The molecule has 0 bridgehead atoms. The number of morpholine rings is 1. The van der Waals surface area contributed by atoms with E-state index in [-0.39, 0.29) is 12.1 Å². The van der Waals surface area contributed by atoms with Crippen LogP contribution in [0.2, 0.25) is 10.0 Å². The number of hydrogen-bond acceptors (Lipinski definition) is 4. The van der Waals surface area contributed by atoms with Crippen molar-refractivity contribution in [2.24, 2.45) is 0 Å². The Morgan fingerprint density at radius 2 is 1.89 bits per heavy atom. The van der Waals surface area contributed by atoms with E-state index in [2.05, 4.69) is 50.6 Å². The minimum atomic E-state index is -0.0528. The predicted octanol–water partition coefficient (Wildman–Crippen LogP) is 5.10. The van der Waals surface area contributed by atoms with Gasteiger partial charge in [-0.15, -0.1) is 0 Å². The summed E-state index contributed by atoms with van der Waals surface area (Å²) in [6.45, 7) is 9.47. The highest BCUT2D eigenvalue weighted by Gasteiger charge is 2.41. The Labute approximate surface area is 221 Å². The molecule has 5 rings (SSSR count). The van der Waals surface area contributed by atoms with E-state index in [0.29, 0.717) is 10.0 Å². The Bertz CT molecular complexity index is 1210. The van der Waals surface area contributed by atoms with Crippen LogP contribution in [0.5, 0.6) is 0 Å². The lowest BCUT2D eigenvalue weighted by atomic mass is 9.96. The summed E-state index contributed by atoms with van der Waals surface area (Å²) in [5.74, 6) is 0. The Hall–Kier alpha value is -2.16. The molecule has 0 spiro atoms. The van der Waals surface area contributed by atoms with Crippen molar-refractivity contribution < 1.29 is 4.74 Å². The van der Waals surface area contributed by atoms with Crippen LogP contribution in [0.15, 0.2) is 48.7 Å². The monoisotopic (exact) mass is 529 g/mol. The molecule has 2 saturated heterocycles. The van der Waals surface area contributed by atoms with Gasteiger partial charge in [0.2, 0.25) is 0 Å². The number of halogens is 2. The molecule has 2 aliphatic heterocycles. The van der Waals surface area contributed by atoms with E-state index in [1.54, 1.807) is 6.07 Å². The minimum Gasteiger partial charge on any atom is -0.379 e. The molecule has 0 aliphatic carbocycles. The van der Waals surface area contributed by atoms with E-state index >= 15 is 0 Å². The number of ether oxygens (including phenoxy) is 1. The first-order valence-corrected chi connectivity index (χ1v) is 13.0. The molecule has 6 nitrogen and oxygen atoms in total. The zero-order valence-electron chi connectivity index (χ0n) is 19.9. The maximum absolute atomic E-state index is 6.61. The number of nitrogens with zero attached hydrogens (tertiary/aromatic N) is 4. The average Bonchev–Trinajstić information content (AvgIpc) is 3.34. The van der Waals surface area contributed by atoms with Crippen LogP contribution in [0.4, 0.5) is 0 Å². The first kappa shape index (κ1) is 24.5. The largest absolute Gasteiger partial charge is 0.379 e. The van der Waals surface area contributed by atoms with Gasteiger partial charge < -0.3 is 19.5 Å². The summed E-state index contributed by atoms with van der Waals surface area (Å²) in [6, 6.07) is 13.9. The summed E-state index contributed by atoms with van der Waals surface area (Å²) in [5, 5.41) is 5.57. The summed E-state index contributed by atoms with van der Waals surface area (Å²) in [5.41, 5.74) is 5.33. The highest BCUT2D eigenvalue weighted by Crippen LogP contribution is 2.42. The van der Waals surface area contributed by atoms with Crippen LogP contribution in [0, 0.1) is 13.8 Å². The van der Waals surface area contributed by atoms with Gasteiger partial charge in [-0.1, -0.05) is 29.3 Å². The predicted molar refractivity (Wildman–Crippen MR) is 145 cm³/mol. The Morgan fingerprint density at radius 1 is 1.09 bits per heavy atom. The van der Waals surface area contributed by atoms with Gasteiger partial charge in [-0.25, -0.2) is 0 Å². The molecule has 35 heavy (non-hydrogen) atoms. The Kier molecular flexibility index (Phi) is 7.32. The van der Waals surface area contributed by atoms with E-state index < -0.39 is 0 Å². The zero-order valence-corrected chi connectivity index (χ0v) is 22.2. The molecular formula is C26H29Cl2N5OS. The lowest BCUT2D eigenvalue weighted by Gasteiger charge is -2.32. The molecule has 0 amide bonds. The second kappa shape index (κ2) is 10.4. The van der Waals surface area contributed by atoms with Crippen LogP contribution in [-0.2, 0) is 4.74 Å². The first-order chi connectivity index (χ1) is 16.9. The van der Waals surface area contributed by atoms with Crippen LogP contribution in [0.3, 0.4) is 0 Å². The van der Waals surface area contributed by atoms with Crippen molar-refractivity contribution in [3.63, 3.8) is 0 Å². The van der Waals surface area contributed by atoms with E-state index in [1.165, 1.54) is 5.56 Å². The van der Waals surface area contributed by atoms with Gasteiger partial charge in [0.1, 0.15) is 0 Å². The van der Waals surface area contributed by atoms with Crippen molar-refractivity contribution in [2.75, 3.05) is 39.4 Å². The maximum atomic E-state index is 6.61. The molecule has 0 unspecified atom stereocenters. The molecule has 1 N–H and O–H groups in total. The third-order valence-corrected chi connectivity index (χ3v) is 7.79. The van der Waals surface area contributed by atoms with Crippen molar-refractivity contribution >= 4 is 40.5 Å².